The molecule has 1 aliphatic heterocycles. The fourth-order valence-electron chi connectivity index (χ4n) is 1.57. The first-order valence-corrected chi connectivity index (χ1v) is 5.03. The Morgan fingerprint density at radius 3 is 3.13 bits per heavy atom. The van der Waals surface area contributed by atoms with E-state index in [4.69, 9.17) is 10.5 Å². The standard InChI is InChI=1S/C11H14N2O2/c1-2-8(12)7-3-4-10-9(5-7)13-11(14)6-15-10/h3-5,8H,2,6,12H2,1H3,(H,13,14)/t8-/m0/s1. The zero-order chi connectivity index (χ0) is 10.8. The van der Waals surface area contributed by atoms with Crippen molar-refractivity contribution in [2.45, 2.75) is 19.4 Å². The van der Waals surface area contributed by atoms with Crippen molar-refractivity contribution in [2.75, 3.05) is 11.9 Å². The fraction of sp³-hybridized carbons (Fsp3) is 0.364. The monoisotopic (exact) mass is 206 g/mol. The van der Waals surface area contributed by atoms with E-state index in [0.29, 0.717) is 11.4 Å². The highest BCUT2D eigenvalue weighted by molar-refractivity contribution is 5.95. The summed E-state index contributed by atoms with van der Waals surface area (Å²) in [6.45, 7) is 2.12. The van der Waals surface area contributed by atoms with Crippen LogP contribution in [0.2, 0.25) is 0 Å². The van der Waals surface area contributed by atoms with Gasteiger partial charge in [0.1, 0.15) is 5.75 Å². The van der Waals surface area contributed by atoms with Crippen LogP contribution in [0.5, 0.6) is 5.75 Å². The number of benzene rings is 1. The summed E-state index contributed by atoms with van der Waals surface area (Å²) < 4.78 is 5.25. The third kappa shape index (κ3) is 1.94. The lowest BCUT2D eigenvalue weighted by atomic mass is 10.0. The molecule has 1 amide bonds. The normalized spacial score (nSPS) is 16.3. The molecule has 1 heterocycles. The molecule has 0 spiro atoms. The zero-order valence-corrected chi connectivity index (χ0v) is 8.62. The summed E-state index contributed by atoms with van der Waals surface area (Å²) in [5, 5.41) is 2.76. The molecule has 1 aromatic rings. The summed E-state index contributed by atoms with van der Waals surface area (Å²) in [5.74, 6) is 0.589. The zero-order valence-electron chi connectivity index (χ0n) is 8.62. The molecule has 3 N–H and O–H groups in total. The number of amides is 1. The summed E-state index contributed by atoms with van der Waals surface area (Å²) in [7, 11) is 0. The van der Waals surface area contributed by atoms with E-state index in [-0.39, 0.29) is 18.6 Å². The van der Waals surface area contributed by atoms with Crippen molar-refractivity contribution >= 4 is 11.6 Å². The predicted molar refractivity (Wildman–Crippen MR) is 57.8 cm³/mol. The summed E-state index contributed by atoms with van der Waals surface area (Å²) >= 11 is 0. The van der Waals surface area contributed by atoms with Crippen LogP contribution in [0.3, 0.4) is 0 Å². The number of hydrogen-bond acceptors (Lipinski definition) is 3. The Morgan fingerprint density at radius 1 is 1.60 bits per heavy atom. The van der Waals surface area contributed by atoms with Gasteiger partial charge in [-0.25, -0.2) is 0 Å². The Kier molecular flexibility index (Phi) is 2.60. The Hall–Kier alpha value is -1.55. The second-order valence-electron chi connectivity index (χ2n) is 3.61. The minimum Gasteiger partial charge on any atom is -0.482 e. The number of ether oxygens (including phenoxy) is 1. The first-order valence-electron chi connectivity index (χ1n) is 5.03. The average molecular weight is 206 g/mol. The number of hydrogen-bond donors (Lipinski definition) is 2. The van der Waals surface area contributed by atoms with Crippen LogP contribution in [0.15, 0.2) is 18.2 Å². The lowest BCUT2D eigenvalue weighted by Crippen LogP contribution is -2.25. The smallest absolute Gasteiger partial charge is 0.262 e. The van der Waals surface area contributed by atoms with Crippen molar-refractivity contribution in [3.63, 3.8) is 0 Å². The molecular formula is C11H14N2O2. The van der Waals surface area contributed by atoms with Gasteiger partial charge in [-0.05, 0) is 24.1 Å². The Balaban J connectivity index is 2.32. The topological polar surface area (TPSA) is 64.3 Å². The van der Waals surface area contributed by atoms with Crippen LogP contribution in [-0.2, 0) is 4.79 Å². The van der Waals surface area contributed by atoms with Crippen molar-refractivity contribution < 1.29 is 9.53 Å². The molecule has 0 bridgehead atoms. The number of nitrogens with one attached hydrogen (secondary N) is 1. The molecule has 15 heavy (non-hydrogen) atoms. The molecule has 0 aliphatic carbocycles. The molecule has 0 saturated carbocycles. The maximum atomic E-state index is 11.1. The van der Waals surface area contributed by atoms with Crippen LogP contribution >= 0.6 is 0 Å². The van der Waals surface area contributed by atoms with E-state index in [9.17, 15) is 4.79 Å². The van der Waals surface area contributed by atoms with Crippen molar-refractivity contribution in [1.82, 2.24) is 0 Å². The number of nitrogens with two attached hydrogens (primary N) is 1. The molecule has 0 radical (unpaired) electrons. The molecule has 0 fully saturated rings. The van der Waals surface area contributed by atoms with Crippen molar-refractivity contribution in [1.29, 1.82) is 0 Å². The van der Waals surface area contributed by atoms with Gasteiger partial charge in [-0.3, -0.25) is 4.79 Å². The number of rotatable bonds is 2. The molecule has 1 aliphatic rings. The fourth-order valence-corrected chi connectivity index (χ4v) is 1.57. The van der Waals surface area contributed by atoms with Crippen molar-refractivity contribution in [3.05, 3.63) is 23.8 Å². The quantitative estimate of drug-likeness (QED) is 0.769. The lowest BCUT2D eigenvalue weighted by Gasteiger charge is -2.19. The maximum Gasteiger partial charge on any atom is 0.262 e. The van der Waals surface area contributed by atoms with Gasteiger partial charge >= 0.3 is 0 Å². The first-order chi connectivity index (χ1) is 7.20. The summed E-state index contributed by atoms with van der Waals surface area (Å²) in [5.41, 5.74) is 7.64. The van der Waals surface area contributed by atoms with Gasteiger partial charge in [-0.1, -0.05) is 13.0 Å². The first kappa shape index (κ1) is 9.98. The molecule has 4 heteroatoms. The second kappa shape index (κ2) is 3.90. The lowest BCUT2D eigenvalue weighted by molar-refractivity contribution is -0.118. The Labute approximate surface area is 88.4 Å². The number of carbonyl (C=O) groups is 1. The second-order valence-corrected chi connectivity index (χ2v) is 3.61. The van der Waals surface area contributed by atoms with E-state index in [1.54, 1.807) is 0 Å². The van der Waals surface area contributed by atoms with Crippen LogP contribution in [0.4, 0.5) is 5.69 Å². The number of carbonyl (C=O) groups excluding carboxylic acids is 1. The third-order valence-electron chi connectivity index (χ3n) is 2.50. The average Bonchev–Trinajstić information content (AvgIpc) is 2.27. The van der Waals surface area contributed by atoms with Crippen LogP contribution in [0.25, 0.3) is 0 Å². The van der Waals surface area contributed by atoms with Crippen LogP contribution in [0, 0.1) is 0 Å². The third-order valence-corrected chi connectivity index (χ3v) is 2.50. The van der Waals surface area contributed by atoms with Gasteiger partial charge in [0.25, 0.3) is 5.91 Å². The molecule has 2 rings (SSSR count). The Morgan fingerprint density at radius 2 is 2.40 bits per heavy atom. The molecule has 4 nitrogen and oxygen atoms in total. The molecule has 0 aromatic heterocycles. The van der Waals surface area contributed by atoms with E-state index in [1.165, 1.54) is 0 Å². The van der Waals surface area contributed by atoms with Crippen LogP contribution < -0.4 is 15.8 Å². The minimum absolute atomic E-state index is 0.00845. The van der Waals surface area contributed by atoms with E-state index < -0.39 is 0 Å². The van der Waals surface area contributed by atoms with E-state index in [1.807, 2.05) is 25.1 Å². The minimum atomic E-state index is -0.121. The highest BCUT2D eigenvalue weighted by Gasteiger charge is 2.16. The molecule has 0 saturated heterocycles. The summed E-state index contributed by atoms with van der Waals surface area (Å²) in [4.78, 5) is 11.1. The summed E-state index contributed by atoms with van der Waals surface area (Å²) in [6, 6.07) is 5.67. The molecule has 80 valence electrons. The van der Waals surface area contributed by atoms with Gasteiger partial charge in [-0.2, -0.15) is 0 Å². The molecule has 1 atom stereocenters. The highest BCUT2D eigenvalue weighted by Crippen LogP contribution is 2.30. The Bertz CT molecular complexity index is 390. The molecule has 1 aromatic carbocycles. The van der Waals surface area contributed by atoms with Gasteiger partial charge in [0.15, 0.2) is 6.61 Å². The largest absolute Gasteiger partial charge is 0.482 e. The van der Waals surface area contributed by atoms with E-state index >= 15 is 0 Å². The molecular weight excluding hydrogens is 192 g/mol. The highest BCUT2D eigenvalue weighted by atomic mass is 16.5. The van der Waals surface area contributed by atoms with Crippen molar-refractivity contribution in [2.24, 2.45) is 5.73 Å². The SMILES string of the molecule is CC[C@H](N)c1ccc2c(c1)NC(=O)CO2. The van der Waals surface area contributed by atoms with Gasteiger partial charge in [0, 0.05) is 6.04 Å². The van der Waals surface area contributed by atoms with Gasteiger partial charge in [0.2, 0.25) is 0 Å². The van der Waals surface area contributed by atoms with E-state index in [2.05, 4.69) is 5.32 Å². The predicted octanol–water partition coefficient (Wildman–Crippen LogP) is 1.43. The maximum absolute atomic E-state index is 11.1. The van der Waals surface area contributed by atoms with Gasteiger partial charge in [0.05, 0.1) is 5.69 Å². The summed E-state index contributed by atoms with van der Waals surface area (Å²) in [6.07, 6.45) is 0.869. The molecule has 0 unspecified atom stereocenters. The number of fused-ring (bicyclic) bond motifs is 1. The van der Waals surface area contributed by atoms with Crippen LogP contribution in [-0.4, -0.2) is 12.5 Å². The van der Waals surface area contributed by atoms with Crippen LogP contribution in [0.1, 0.15) is 24.9 Å². The van der Waals surface area contributed by atoms with E-state index in [0.717, 1.165) is 12.0 Å². The van der Waals surface area contributed by atoms with Gasteiger partial charge < -0.3 is 15.8 Å². The van der Waals surface area contributed by atoms with Crippen molar-refractivity contribution in [3.8, 4) is 5.75 Å². The van der Waals surface area contributed by atoms with Gasteiger partial charge in [-0.15, -0.1) is 0 Å². The number of anilines is 1.